The van der Waals surface area contributed by atoms with E-state index >= 15 is 0 Å². The average molecular weight is 326 g/mol. The highest BCUT2D eigenvalue weighted by atomic mass is 16.4. The molecule has 0 fully saturated rings. The number of oxazole rings is 1. The van der Waals surface area contributed by atoms with Crippen LogP contribution in [0.4, 0.5) is 5.69 Å². The normalized spacial score (nSPS) is 10.6. The van der Waals surface area contributed by atoms with Gasteiger partial charge in [0.2, 0.25) is 5.89 Å². The maximum atomic E-state index is 6.11. The summed E-state index contributed by atoms with van der Waals surface area (Å²) in [5.74, 6) is 1.38. The van der Waals surface area contributed by atoms with Crippen LogP contribution in [0.5, 0.6) is 0 Å². The fraction of sp³-hybridized carbons (Fsp3) is 0.0455. The Morgan fingerprint density at radius 1 is 0.720 bits per heavy atom. The van der Waals surface area contributed by atoms with Gasteiger partial charge in [0.15, 0.2) is 5.76 Å². The fourth-order valence-corrected chi connectivity index (χ4v) is 2.98. The molecule has 25 heavy (non-hydrogen) atoms. The van der Waals surface area contributed by atoms with E-state index in [2.05, 4.69) is 28.5 Å². The number of nitrogens with zero attached hydrogens (tertiary/aromatic N) is 1. The van der Waals surface area contributed by atoms with E-state index in [1.807, 2.05) is 67.7 Å². The topological polar surface area (TPSA) is 38.1 Å². The van der Waals surface area contributed by atoms with Crippen LogP contribution in [0.1, 0.15) is 0 Å². The molecule has 0 saturated carbocycles. The first-order valence-electron chi connectivity index (χ1n) is 8.24. The summed E-state index contributed by atoms with van der Waals surface area (Å²) in [6, 6.07) is 26.5. The zero-order chi connectivity index (χ0) is 17.1. The summed E-state index contributed by atoms with van der Waals surface area (Å²) in [7, 11) is 1.90. The molecule has 1 N–H and O–H groups in total. The standard InChI is InChI=1S/C22H18N2O/c1-23-20-14-8-7-13-19(20)21-15-24-22(25-21)18-12-6-5-11-17(18)16-9-3-2-4-10-16/h2-15,23H,1H3. The summed E-state index contributed by atoms with van der Waals surface area (Å²) < 4.78 is 6.11. The van der Waals surface area contributed by atoms with Crippen molar-refractivity contribution in [2.45, 2.75) is 0 Å². The van der Waals surface area contributed by atoms with Crippen LogP contribution in [0.25, 0.3) is 33.9 Å². The molecule has 3 nitrogen and oxygen atoms in total. The molecule has 122 valence electrons. The van der Waals surface area contributed by atoms with Crippen molar-refractivity contribution in [1.82, 2.24) is 4.98 Å². The van der Waals surface area contributed by atoms with Crippen molar-refractivity contribution in [2.75, 3.05) is 12.4 Å². The quantitative estimate of drug-likeness (QED) is 0.521. The predicted molar refractivity (Wildman–Crippen MR) is 102 cm³/mol. The van der Waals surface area contributed by atoms with Crippen LogP contribution in [0, 0.1) is 0 Å². The Hall–Kier alpha value is -3.33. The minimum Gasteiger partial charge on any atom is -0.436 e. The zero-order valence-corrected chi connectivity index (χ0v) is 13.9. The summed E-state index contributed by atoms with van der Waals surface area (Å²) in [5, 5.41) is 3.19. The summed E-state index contributed by atoms with van der Waals surface area (Å²) in [4.78, 5) is 4.53. The van der Waals surface area contributed by atoms with Crippen molar-refractivity contribution < 1.29 is 4.42 Å². The van der Waals surface area contributed by atoms with Crippen LogP contribution in [0.2, 0.25) is 0 Å². The first kappa shape index (κ1) is 15.2. The van der Waals surface area contributed by atoms with Gasteiger partial charge in [-0.05, 0) is 29.3 Å². The van der Waals surface area contributed by atoms with Gasteiger partial charge in [-0.2, -0.15) is 0 Å². The molecule has 4 aromatic rings. The molecule has 1 aromatic heterocycles. The summed E-state index contributed by atoms with van der Waals surface area (Å²) in [5.41, 5.74) is 5.26. The second-order valence-corrected chi connectivity index (χ2v) is 5.74. The molecular weight excluding hydrogens is 308 g/mol. The maximum Gasteiger partial charge on any atom is 0.227 e. The van der Waals surface area contributed by atoms with E-state index in [4.69, 9.17) is 4.42 Å². The molecule has 0 atom stereocenters. The van der Waals surface area contributed by atoms with Gasteiger partial charge < -0.3 is 9.73 Å². The highest BCUT2D eigenvalue weighted by molar-refractivity contribution is 5.81. The average Bonchev–Trinajstić information content (AvgIpc) is 3.18. The van der Waals surface area contributed by atoms with E-state index < -0.39 is 0 Å². The largest absolute Gasteiger partial charge is 0.436 e. The van der Waals surface area contributed by atoms with Gasteiger partial charge in [0.25, 0.3) is 0 Å². The van der Waals surface area contributed by atoms with Crippen molar-refractivity contribution in [2.24, 2.45) is 0 Å². The third-order valence-electron chi connectivity index (χ3n) is 4.21. The number of para-hydroxylation sites is 1. The number of aromatic nitrogens is 1. The van der Waals surface area contributed by atoms with Crippen molar-refractivity contribution in [3.8, 4) is 33.9 Å². The molecule has 0 spiro atoms. The predicted octanol–water partition coefficient (Wildman–Crippen LogP) is 5.72. The van der Waals surface area contributed by atoms with Gasteiger partial charge in [0.1, 0.15) is 0 Å². The van der Waals surface area contributed by atoms with E-state index in [0.717, 1.165) is 33.7 Å². The Bertz CT molecular complexity index is 990. The van der Waals surface area contributed by atoms with E-state index in [0.29, 0.717) is 5.89 Å². The molecule has 0 aliphatic rings. The highest BCUT2D eigenvalue weighted by Crippen LogP contribution is 2.35. The number of rotatable bonds is 4. The third-order valence-corrected chi connectivity index (χ3v) is 4.21. The van der Waals surface area contributed by atoms with Crippen LogP contribution < -0.4 is 5.32 Å². The van der Waals surface area contributed by atoms with Crippen LogP contribution >= 0.6 is 0 Å². The lowest BCUT2D eigenvalue weighted by atomic mass is 10.00. The minimum atomic E-state index is 0.625. The number of hydrogen-bond acceptors (Lipinski definition) is 3. The number of anilines is 1. The van der Waals surface area contributed by atoms with Gasteiger partial charge in [-0.15, -0.1) is 0 Å². The molecule has 0 aliphatic carbocycles. The lowest BCUT2D eigenvalue weighted by Crippen LogP contribution is -1.90. The Kier molecular flexibility index (Phi) is 4.05. The number of nitrogens with one attached hydrogen (secondary N) is 1. The van der Waals surface area contributed by atoms with Gasteiger partial charge in [0, 0.05) is 23.9 Å². The van der Waals surface area contributed by atoms with E-state index in [-0.39, 0.29) is 0 Å². The summed E-state index contributed by atoms with van der Waals surface area (Å²) >= 11 is 0. The van der Waals surface area contributed by atoms with E-state index in [1.165, 1.54) is 0 Å². The Morgan fingerprint density at radius 2 is 1.36 bits per heavy atom. The fourth-order valence-electron chi connectivity index (χ4n) is 2.98. The maximum absolute atomic E-state index is 6.11. The lowest BCUT2D eigenvalue weighted by molar-refractivity contribution is 0.589. The molecule has 3 aromatic carbocycles. The Labute approximate surface area is 147 Å². The van der Waals surface area contributed by atoms with Crippen molar-refractivity contribution >= 4 is 5.69 Å². The zero-order valence-electron chi connectivity index (χ0n) is 13.9. The van der Waals surface area contributed by atoms with Crippen LogP contribution in [0.3, 0.4) is 0 Å². The monoisotopic (exact) mass is 326 g/mol. The highest BCUT2D eigenvalue weighted by Gasteiger charge is 2.14. The summed E-state index contributed by atoms with van der Waals surface area (Å²) in [6.45, 7) is 0. The molecule has 0 saturated heterocycles. The molecule has 0 aliphatic heterocycles. The second kappa shape index (κ2) is 6.65. The van der Waals surface area contributed by atoms with Crippen molar-refractivity contribution in [3.63, 3.8) is 0 Å². The van der Waals surface area contributed by atoms with Gasteiger partial charge in [-0.3, -0.25) is 0 Å². The molecule has 4 rings (SSSR count). The SMILES string of the molecule is CNc1ccccc1-c1cnc(-c2ccccc2-c2ccccc2)o1. The first-order chi connectivity index (χ1) is 12.4. The smallest absolute Gasteiger partial charge is 0.227 e. The van der Waals surface area contributed by atoms with Crippen LogP contribution in [0.15, 0.2) is 89.5 Å². The Balaban J connectivity index is 1.79. The van der Waals surface area contributed by atoms with Gasteiger partial charge in [-0.25, -0.2) is 4.98 Å². The second-order valence-electron chi connectivity index (χ2n) is 5.74. The van der Waals surface area contributed by atoms with Gasteiger partial charge in [-0.1, -0.05) is 60.7 Å². The van der Waals surface area contributed by atoms with Gasteiger partial charge in [0.05, 0.1) is 6.20 Å². The number of hydrogen-bond donors (Lipinski definition) is 1. The molecule has 0 amide bonds. The first-order valence-corrected chi connectivity index (χ1v) is 8.24. The van der Waals surface area contributed by atoms with E-state index in [1.54, 1.807) is 6.20 Å². The van der Waals surface area contributed by atoms with Gasteiger partial charge >= 0.3 is 0 Å². The van der Waals surface area contributed by atoms with Crippen molar-refractivity contribution in [3.05, 3.63) is 85.1 Å². The molecular formula is C22H18N2O. The number of benzene rings is 3. The molecule has 3 heteroatoms. The minimum absolute atomic E-state index is 0.625. The third kappa shape index (κ3) is 2.92. The van der Waals surface area contributed by atoms with Crippen molar-refractivity contribution in [1.29, 1.82) is 0 Å². The van der Waals surface area contributed by atoms with E-state index in [9.17, 15) is 0 Å². The molecule has 0 radical (unpaired) electrons. The summed E-state index contributed by atoms with van der Waals surface area (Å²) in [6.07, 6.45) is 1.78. The lowest BCUT2D eigenvalue weighted by Gasteiger charge is -2.07. The molecule has 1 heterocycles. The van der Waals surface area contributed by atoms with Crippen LogP contribution in [-0.2, 0) is 0 Å². The van der Waals surface area contributed by atoms with Crippen LogP contribution in [-0.4, -0.2) is 12.0 Å². The molecule has 0 bridgehead atoms. The Morgan fingerprint density at radius 3 is 2.12 bits per heavy atom. The molecule has 0 unspecified atom stereocenters.